The average molecular weight is 353 g/mol. The fourth-order valence-corrected chi connectivity index (χ4v) is 8.67. The highest BCUT2D eigenvalue weighted by atomic mass is 28.4. The van der Waals surface area contributed by atoms with E-state index in [4.69, 9.17) is 4.43 Å². The van der Waals surface area contributed by atoms with Crippen molar-refractivity contribution in [1.82, 2.24) is 0 Å². The third kappa shape index (κ3) is 3.49. The van der Waals surface area contributed by atoms with Crippen LogP contribution in [0.1, 0.15) is 46.5 Å². The summed E-state index contributed by atoms with van der Waals surface area (Å²) in [5.41, 5.74) is 0. The lowest BCUT2D eigenvalue weighted by molar-refractivity contribution is -0.128. The van der Waals surface area contributed by atoms with Crippen molar-refractivity contribution < 1.29 is 9.22 Å². The highest BCUT2D eigenvalue weighted by Gasteiger charge is 2.52. The van der Waals surface area contributed by atoms with E-state index in [1.165, 1.54) is 10.4 Å². The first-order valence-corrected chi connectivity index (χ1v) is 11.2. The maximum atomic E-state index is 12.6. The van der Waals surface area contributed by atoms with Crippen molar-refractivity contribution in [2.45, 2.75) is 57.6 Å². The molecule has 0 N–H and O–H groups in total. The minimum Gasteiger partial charge on any atom is -0.397 e. The minimum absolute atomic E-state index is 0.0760. The number of rotatable bonds is 4. The molecule has 2 aromatic carbocycles. The molecule has 0 saturated heterocycles. The van der Waals surface area contributed by atoms with Crippen LogP contribution in [0.3, 0.4) is 0 Å². The van der Waals surface area contributed by atoms with Crippen LogP contribution < -0.4 is 10.4 Å². The maximum Gasteiger partial charge on any atom is 0.262 e. The Kier molecular flexibility index (Phi) is 5.26. The van der Waals surface area contributed by atoms with Crippen molar-refractivity contribution in [3.63, 3.8) is 0 Å². The normalized spacial score (nSPS) is 19.0. The van der Waals surface area contributed by atoms with Crippen LogP contribution in [0.4, 0.5) is 0 Å². The number of carbonyl (C=O) groups excluding carboxylic acids is 1. The van der Waals surface area contributed by atoms with Gasteiger partial charge in [-0.05, 0) is 28.3 Å². The summed E-state index contributed by atoms with van der Waals surface area (Å²) in [7, 11) is -2.60. The molecule has 0 amide bonds. The van der Waals surface area contributed by atoms with E-state index in [-0.39, 0.29) is 16.9 Å². The molecule has 0 aromatic heterocycles. The molecule has 1 aliphatic rings. The lowest BCUT2D eigenvalue weighted by atomic mass is 9.97. The molecule has 25 heavy (non-hydrogen) atoms. The molecular formula is C22H28O2Si. The molecule has 3 heteroatoms. The van der Waals surface area contributed by atoms with E-state index in [9.17, 15) is 4.79 Å². The van der Waals surface area contributed by atoms with Crippen molar-refractivity contribution in [2.24, 2.45) is 0 Å². The van der Waals surface area contributed by atoms with Crippen LogP contribution in [-0.4, -0.2) is 20.2 Å². The molecule has 1 aliphatic carbocycles. The number of hydrogen-bond donors (Lipinski definition) is 0. The molecule has 1 saturated carbocycles. The van der Waals surface area contributed by atoms with Crippen LogP contribution >= 0.6 is 0 Å². The topological polar surface area (TPSA) is 26.3 Å². The zero-order chi connectivity index (χ0) is 17.9. The summed E-state index contributed by atoms with van der Waals surface area (Å²) in [5.74, 6) is 0.277. The van der Waals surface area contributed by atoms with E-state index in [1.54, 1.807) is 0 Å². The first-order chi connectivity index (χ1) is 11.9. The molecule has 2 nitrogen and oxygen atoms in total. The molecule has 0 aliphatic heterocycles. The van der Waals surface area contributed by atoms with Crippen molar-refractivity contribution >= 4 is 24.5 Å². The Morgan fingerprint density at radius 3 is 1.84 bits per heavy atom. The van der Waals surface area contributed by atoms with Gasteiger partial charge in [0.25, 0.3) is 8.32 Å². The lowest BCUT2D eigenvalue weighted by Gasteiger charge is -2.45. The predicted molar refractivity (Wildman–Crippen MR) is 106 cm³/mol. The Morgan fingerprint density at radius 1 is 0.880 bits per heavy atom. The van der Waals surface area contributed by atoms with Crippen LogP contribution in [0.25, 0.3) is 0 Å². The molecule has 0 bridgehead atoms. The lowest BCUT2D eigenvalue weighted by Crippen LogP contribution is -2.68. The summed E-state index contributed by atoms with van der Waals surface area (Å²) in [6, 6.07) is 21.1. The van der Waals surface area contributed by atoms with Crippen LogP contribution in [0.2, 0.25) is 5.04 Å². The monoisotopic (exact) mass is 352 g/mol. The van der Waals surface area contributed by atoms with Gasteiger partial charge in [0.2, 0.25) is 0 Å². The Hall–Kier alpha value is -1.71. The second-order valence-electron chi connectivity index (χ2n) is 7.98. The summed E-state index contributed by atoms with van der Waals surface area (Å²) in [4.78, 5) is 12.6. The standard InChI is InChI=1S/C22H28O2Si/c1-22(2,3)25(18-12-6-4-7-13-18,19-14-8-5-9-15-19)24-21-17-11-10-16-20(21)23/h4-9,12-15,21H,10-11,16-17H2,1-3H3/t21-/m1/s1. The molecule has 0 spiro atoms. The Morgan fingerprint density at radius 2 is 1.40 bits per heavy atom. The number of ketones is 1. The smallest absolute Gasteiger partial charge is 0.262 e. The van der Waals surface area contributed by atoms with Gasteiger partial charge in [0, 0.05) is 6.42 Å². The number of carbonyl (C=O) groups is 1. The van der Waals surface area contributed by atoms with Crippen molar-refractivity contribution in [3.8, 4) is 0 Å². The van der Waals surface area contributed by atoms with Crippen LogP contribution in [0, 0.1) is 0 Å². The molecule has 0 heterocycles. The van der Waals surface area contributed by atoms with E-state index >= 15 is 0 Å². The highest BCUT2D eigenvalue weighted by molar-refractivity contribution is 6.99. The van der Waals surface area contributed by atoms with Gasteiger partial charge in [0.05, 0.1) is 0 Å². The second-order valence-corrected chi connectivity index (χ2v) is 12.2. The summed E-state index contributed by atoms with van der Waals surface area (Å²) in [6.45, 7) is 6.77. The van der Waals surface area contributed by atoms with Gasteiger partial charge in [-0.1, -0.05) is 87.9 Å². The first-order valence-electron chi connectivity index (χ1n) is 9.27. The fraction of sp³-hybridized carbons (Fsp3) is 0.409. The van der Waals surface area contributed by atoms with Crippen LogP contribution in [-0.2, 0) is 9.22 Å². The fourth-order valence-electron chi connectivity index (χ4n) is 3.98. The van der Waals surface area contributed by atoms with E-state index in [1.807, 2.05) is 12.1 Å². The third-order valence-electron chi connectivity index (χ3n) is 5.23. The van der Waals surface area contributed by atoms with E-state index < -0.39 is 8.32 Å². The zero-order valence-electron chi connectivity index (χ0n) is 15.5. The molecule has 1 fully saturated rings. The van der Waals surface area contributed by atoms with Crippen molar-refractivity contribution in [3.05, 3.63) is 60.7 Å². The van der Waals surface area contributed by atoms with Gasteiger partial charge in [0.1, 0.15) is 6.10 Å². The van der Waals surface area contributed by atoms with Crippen molar-refractivity contribution in [1.29, 1.82) is 0 Å². The molecular weight excluding hydrogens is 324 g/mol. The highest BCUT2D eigenvalue weighted by Crippen LogP contribution is 2.38. The van der Waals surface area contributed by atoms with Gasteiger partial charge < -0.3 is 4.43 Å². The van der Waals surface area contributed by atoms with Gasteiger partial charge in [0.15, 0.2) is 5.78 Å². The summed E-state index contributed by atoms with van der Waals surface area (Å²) in [5, 5.41) is 2.41. The number of Topliss-reactive ketones (excluding diaryl/α,β-unsaturated/α-hetero) is 1. The Bertz CT molecular complexity index is 664. The van der Waals surface area contributed by atoms with E-state index in [0.717, 1.165) is 19.3 Å². The maximum absolute atomic E-state index is 12.6. The zero-order valence-corrected chi connectivity index (χ0v) is 16.5. The van der Waals surface area contributed by atoms with Gasteiger partial charge >= 0.3 is 0 Å². The summed E-state index contributed by atoms with van der Waals surface area (Å²) < 4.78 is 6.92. The minimum atomic E-state index is -2.60. The average Bonchev–Trinajstić information content (AvgIpc) is 2.61. The first kappa shape index (κ1) is 18.1. The van der Waals surface area contributed by atoms with Crippen LogP contribution in [0.5, 0.6) is 0 Å². The molecule has 1 atom stereocenters. The summed E-state index contributed by atoms with van der Waals surface area (Å²) in [6.07, 6.45) is 3.32. The summed E-state index contributed by atoms with van der Waals surface area (Å²) >= 11 is 0. The molecule has 132 valence electrons. The van der Waals surface area contributed by atoms with Gasteiger partial charge in [-0.3, -0.25) is 4.79 Å². The van der Waals surface area contributed by atoms with E-state index in [0.29, 0.717) is 6.42 Å². The number of benzene rings is 2. The largest absolute Gasteiger partial charge is 0.397 e. The van der Waals surface area contributed by atoms with Gasteiger partial charge in [-0.2, -0.15) is 0 Å². The van der Waals surface area contributed by atoms with Crippen LogP contribution in [0.15, 0.2) is 60.7 Å². The molecule has 3 rings (SSSR count). The Balaban J connectivity index is 2.17. The number of hydrogen-bond acceptors (Lipinski definition) is 2. The second kappa shape index (κ2) is 7.26. The molecule has 0 unspecified atom stereocenters. The predicted octanol–water partition coefficient (Wildman–Crippen LogP) is 4.07. The van der Waals surface area contributed by atoms with E-state index in [2.05, 4.69) is 69.3 Å². The SMILES string of the molecule is CC(C)(C)[Si](O[C@@H]1CCCCC1=O)(c1ccccc1)c1ccccc1. The molecule has 2 aromatic rings. The molecule has 0 radical (unpaired) electrons. The quantitative estimate of drug-likeness (QED) is 0.775. The van der Waals surface area contributed by atoms with Crippen molar-refractivity contribution in [2.75, 3.05) is 0 Å². The van der Waals surface area contributed by atoms with Gasteiger partial charge in [-0.25, -0.2) is 0 Å². The van der Waals surface area contributed by atoms with Gasteiger partial charge in [-0.15, -0.1) is 0 Å². The Labute approximate surface area is 152 Å². The third-order valence-corrected chi connectivity index (χ3v) is 10.3.